The molecule has 6 nitrogen and oxygen atoms in total. The molecule has 0 aromatic carbocycles. The molecule has 2 heterocycles. The Kier molecular flexibility index (Phi) is 5.63. The normalized spacial score (nSPS) is 11.2. The highest BCUT2D eigenvalue weighted by Gasteiger charge is 2.04. The van der Waals surface area contributed by atoms with Crippen molar-refractivity contribution in [2.24, 2.45) is 4.99 Å². The molecule has 0 fully saturated rings. The van der Waals surface area contributed by atoms with Crippen LogP contribution >= 0.6 is 0 Å². The number of aliphatic imine (C=N–C) groups is 1. The topological polar surface area (TPSA) is 71.7 Å². The van der Waals surface area contributed by atoms with Gasteiger partial charge in [-0.25, -0.2) is 4.98 Å². The van der Waals surface area contributed by atoms with E-state index in [1.165, 1.54) is 0 Å². The molecule has 2 aromatic rings. The number of hydrogen-bond acceptors (Lipinski definition) is 4. The number of ether oxygens (including phenoxy) is 1. The molecule has 112 valence electrons. The van der Waals surface area contributed by atoms with Gasteiger partial charge in [-0.3, -0.25) is 4.99 Å². The second-order valence-electron chi connectivity index (χ2n) is 4.35. The molecule has 0 spiro atoms. The van der Waals surface area contributed by atoms with Gasteiger partial charge in [-0.05, 0) is 18.2 Å². The van der Waals surface area contributed by atoms with E-state index in [0.29, 0.717) is 12.4 Å². The number of pyridine rings is 1. The molecule has 0 atom stereocenters. The average molecular weight is 288 g/mol. The van der Waals surface area contributed by atoms with E-state index >= 15 is 0 Å². The van der Waals surface area contributed by atoms with Crippen molar-refractivity contribution in [2.45, 2.75) is 13.0 Å². The van der Waals surface area contributed by atoms with E-state index in [4.69, 9.17) is 9.15 Å². The summed E-state index contributed by atoms with van der Waals surface area (Å²) < 4.78 is 10.5. The van der Waals surface area contributed by atoms with Crippen molar-refractivity contribution in [3.63, 3.8) is 0 Å². The molecule has 0 amide bonds. The Morgan fingerprint density at radius 2 is 2.24 bits per heavy atom. The molecular weight excluding hydrogens is 268 g/mol. The second-order valence-corrected chi connectivity index (χ2v) is 4.35. The van der Waals surface area contributed by atoms with Gasteiger partial charge in [0.15, 0.2) is 5.96 Å². The quantitative estimate of drug-likeness (QED) is 0.624. The zero-order chi connectivity index (χ0) is 14.9. The molecule has 2 aromatic heterocycles. The average Bonchev–Trinajstić information content (AvgIpc) is 3.04. The summed E-state index contributed by atoms with van der Waals surface area (Å²) in [5, 5.41) is 6.46. The Balaban J connectivity index is 1.80. The van der Waals surface area contributed by atoms with Crippen molar-refractivity contribution in [3.05, 3.63) is 48.0 Å². The molecule has 0 aliphatic heterocycles. The van der Waals surface area contributed by atoms with Crippen molar-refractivity contribution in [1.29, 1.82) is 0 Å². The maximum absolute atomic E-state index is 5.28. The third-order valence-electron chi connectivity index (χ3n) is 2.96. The third-order valence-corrected chi connectivity index (χ3v) is 2.96. The number of nitrogens with one attached hydrogen (secondary N) is 2. The Labute approximate surface area is 124 Å². The van der Waals surface area contributed by atoms with Gasteiger partial charge in [-0.2, -0.15) is 0 Å². The maximum atomic E-state index is 5.28. The zero-order valence-corrected chi connectivity index (χ0v) is 12.3. The third kappa shape index (κ3) is 4.52. The molecule has 2 N–H and O–H groups in total. The first kappa shape index (κ1) is 14.9. The molecule has 0 unspecified atom stereocenters. The standard InChI is InChI=1S/C15H20N4O2/c1-16-15(18-9-7-13-6-4-10-21-13)19-11-12-5-3-8-17-14(12)20-2/h3-6,8,10H,7,9,11H2,1-2H3,(H2,16,18,19). The fourth-order valence-corrected chi connectivity index (χ4v) is 1.90. The molecular formula is C15H20N4O2. The highest BCUT2D eigenvalue weighted by Crippen LogP contribution is 2.12. The van der Waals surface area contributed by atoms with Crippen molar-refractivity contribution in [2.75, 3.05) is 20.7 Å². The van der Waals surface area contributed by atoms with E-state index < -0.39 is 0 Å². The summed E-state index contributed by atoms with van der Waals surface area (Å²) in [6.07, 6.45) is 4.19. The van der Waals surface area contributed by atoms with Crippen LogP contribution in [0.2, 0.25) is 0 Å². The van der Waals surface area contributed by atoms with Gasteiger partial charge in [-0.15, -0.1) is 0 Å². The Morgan fingerprint density at radius 1 is 1.33 bits per heavy atom. The summed E-state index contributed by atoms with van der Waals surface area (Å²) in [7, 11) is 3.35. The van der Waals surface area contributed by atoms with Gasteiger partial charge in [0, 0.05) is 38.3 Å². The number of nitrogens with zero attached hydrogens (tertiary/aromatic N) is 2. The largest absolute Gasteiger partial charge is 0.481 e. The van der Waals surface area contributed by atoms with E-state index in [1.54, 1.807) is 26.6 Å². The van der Waals surface area contributed by atoms with Gasteiger partial charge in [0.05, 0.1) is 13.4 Å². The number of methoxy groups -OCH3 is 1. The van der Waals surface area contributed by atoms with Crippen LogP contribution in [0.3, 0.4) is 0 Å². The smallest absolute Gasteiger partial charge is 0.218 e. The minimum absolute atomic E-state index is 0.595. The van der Waals surface area contributed by atoms with E-state index in [0.717, 1.165) is 30.2 Å². The second kappa shape index (κ2) is 7.94. The number of furan rings is 1. The van der Waals surface area contributed by atoms with Gasteiger partial charge in [0.2, 0.25) is 5.88 Å². The lowest BCUT2D eigenvalue weighted by Crippen LogP contribution is -2.37. The van der Waals surface area contributed by atoms with Crippen LogP contribution in [-0.4, -0.2) is 31.6 Å². The van der Waals surface area contributed by atoms with Crippen LogP contribution in [0, 0.1) is 0 Å². The highest BCUT2D eigenvalue weighted by molar-refractivity contribution is 5.79. The summed E-state index contributed by atoms with van der Waals surface area (Å²) in [6, 6.07) is 7.69. The van der Waals surface area contributed by atoms with Crippen LogP contribution in [0.15, 0.2) is 46.1 Å². The molecule has 0 saturated heterocycles. The summed E-state index contributed by atoms with van der Waals surface area (Å²) in [5.74, 6) is 2.30. The Morgan fingerprint density at radius 3 is 2.95 bits per heavy atom. The maximum Gasteiger partial charge on any atom is 0.218 e. The van der Waals surface area contributed by atoms with Crippen molar-refractivity contribution >= 4 is 5.96 Å². The molecule has 21 heavy (non-hydrogen) atoms. The molecule has 0 aliphatic rings. The zero-order valence-electron chi connectivity index (χ0n) is 12.3. The first-order valence-electron chi connectivity index (χ1n) is 6.78. The van der Waals surface area contributed by atoms with Crippen molar-refractivity contribution in [3.8, 4) is 5.88 Å². The lowest BCUT2D eigenvalue weighted by molar-refractivity contribution is 0.392. The fraction of sp³-hybridized carbons (Fsp3) is 0.333. The predicted octanol–water partition coefficient (Wildman–Crippen LogP) is 1.59. The minimum atomic E-state index is 0.595. The van der Waals surface area contributed by atoms with Crippen LogP contribution in [0.25, 0.3) is 0 Å². The monoisotopic (exact) mass is 288 g/mol. The molecule has 0 saturated carbocycles. The summed E-state index contributed by atoms with van der Waals surface area (Å²) in [5.41, 5.74) is 0.981. The van der Waals surface area contributed by atoms with Gasteiger partial charge in [0.25, 0.3) is 0 Å². The first-order chi connectivity index (χ1) is 10.3. The number of hydrogen-bond donors (Lipinski definition) is 2. The van der Waals surface area contributed by atoms with Crippen LogP contribution in [0.4, 0.5) is 0 Å². The predicted molar refractivity (Wildman–Crippen MR) is 81.4 cm³/mol. The van der Waals surface area contributed by atoms with Crippen molar-refractivity contribution in [1.82, 2.24) is 15.6 Å². The number of aromatic nitrogens is 1. The Hall–Kier alpha value is -2.50. The SMILES string of the molecule is CN=C(NCCc1ccco1)NCc1cccnc1OC. The minimum Gasteiger partial charge on any atom is -0.481 e. The summed E-state index contributed by atoms with van der Waals surface area (Å²) in [6.45, 7) is 1.34. The van der Waals surface area contributed by atoms with Crippen LogP contribution in [0.5, 0.6) is 5.88 Å². The van der Waals surface area contributed by atoms with Gasteiger partial charge in [-0.1, -0.05) is 6.07 Å². The number of guanidine groups is 1. The van der Waals surface area contributed by atoms with Gasteiger partial charge >= 0.3 is 0 Å². The van der Waals surface area contributed by atoms with Crippen LogP contribution in [-0.2, 0) is 13.0 Å². The van der Waals surface area contributed by atoms with Gasteiger partial charge in [0.1, 0.15) is 5.76 Å². The fourth-order valence-electron chi connectivity index (χ4n) is 1.90. The van der Waals surface area contributed by atoms with Crippen molar-refractivity contribution < 1.29 is 9.15 Å². The van der Waals surface area contributed by atoms with E-state index in [2.05, 4.69) is 20.6 Å². The highest BCUT2D eigenvalue weighted by atomic mass is 16.5. The summed E-state index contributed by atoms with van der Waals surface area (Å²) >= 11 is 0. The molecule has 0 bridgehead atoms. The van der Waals surface area contributed by atoms with E-state index in [1.807, 2.05) is 24.3 Å². The molecule has 6 heteroatoms. The lowest BCUT2D eigenvalue weighted by Gasteiger charge is -2.12. The van der Waals surface area contributed by atoms with Crippen LogP contribution < -0.4 is 15.4 Å². The van der Waals surface area contributed by atoms with E-state index in [-0.39, 0.29) is 0 Å². The molecule has 0 aliphatic carbocycles. The summed E-state index contributed by atoms with van der Waals surface area (Å²) in [4.78, 5) is 8.34. The molecule has 0 radical (unpaired) electrons. The van der Waals surface area contributed by atoms with Crippen LogP contribution in [0.1, 0.15) is 11.3 Å². The number of rotatable bonds is 6. The van der Waals surface area contributed by atoms with Gasteiger partial charge < -0.3 is 19.8 Å². The molecule has 2 rings (SSSR count). The lowest BCUT2D eigenvalue weighted by atomic mass is 10.2. The Bertz CT molecular complexity index is 567. The van der Waals surface area contributed by atoms with E-state index in [9.17, 15) is 0 Å². The first-order valence-corrected chi connectivity index (χ1v) is 6.78.